The number of urea groups is 1. The summed E-state index contributed by atoms with van der Waals surface area (Å²) in [6.07, 6.45) is 5.97. The average molecular weight is 511 g/mol. The zero-order valence-corrected chi connectivity index (χ0v) is 21.4. The number of hydrogen-bond acceptors (Lipinski definition) is 7. The van der Waals surface area contributed by atoms with Gasteiger partial charge < -0.3 is 15.0 Å². The van der Waals surface area contributed by atoms with Gasteiger partial charge in [-0.2, -0.15) is 13.5 Å². The predicted octanol–water partition coefficient (Wildman–Crippen LogP) is 3.00. The third-order valence-corrected chi connectivity index (χ3v) is 7.86. The fourth-order valence-electron chi connectivity index (χ4n) is 4.92. The zero-order chi connectivity index (χ0) is 25.5. The molecule has 4 bridgehead atoms. The maximum absolute atomic E-state index is 13.0. The van der Waals surface area contributed by atoms with Crippen LogP contribution < -0.4 is 14.8 Å². The Hall–Kier alpha value is -3.44. The Morgan fingerprint density at radius 2 is 1.97 bits per heavy atom. The van der Waals surface area contributed by atoms with Gasteiger partial charge in [0.05, 0.1) is 11.2 Å². The number of anilines is 1. The van der Waals surface area contributed by atoms with Crippen LogP contribution in [0.5, 0.6) is 5.88 Å². The number of sulfonamides is 1. The summed E-state index contributed by atoms with van der Waals surface area (Å²) in [6.45, 7) is 5.60. The van der Waals surface area contributed by atoms with Gasteiger partial charge in [-0.3, -0.25) is 4.68 Å². The molecule has 10 nitrogen and oxygen atoms in total. The maximum Gasteiger partial charge on any atom is 0.333 e. The number of fused-ring (bicyclic) bond motifs is 8. The first-order valence-electron chi connectivity index (χ1n) is 11.9. The lowest BCUT2D eigenvalue weighted by Gasteiger charge is -2.30. The van der Waals surface area contributed by atoms with E-state index in [-0.39, 0.29) is 5.03 Å². The first-order valence-corrected chi connectivity index (χ1v) is 13.4. The molecule has 190 valence electrons. The van der Waals surface area contributed by atoms with Crippen LogP contribution in [0.1, 0.15) is 31.4 Å². The maximum atomic E-state index is 13.0. The highest BCUT2D eigenvalue weighted by Gasteiger charge is 2.28. The molecule has 1 aliphatic heterocycles. The summed E-state index contributed by atoms with van der Waals surface area (Å²) >= 11 is 0. The number of rotatable bonds is 0. The molecule has 0 spiro atoms. The minimum absolute atomic E-state index is 0.213. The van der Waals surface area contributed by atoms with E-state index in [9.17, 15) is 13.2 Å². The van der Waals surface area contributed by atoms with E-state index in [2.05, 4.69) is 31.1 Å². The van der Waals surface area contributed by atoms with Gasteiger partial charge in [-0.1, -0.05) is 12.1 Å². The van der Waals surface area contributed by atoms with Gasteiger partial charge in [0, 0.05) is 37.1 Å². The Balaban J connectivity index is 1.57. The van der Waals surface area contributed by atoms with Crippen LogP contribution in [0.4, 0.5) is 10.5 Å². The molecule has 1 aromatic carbocycles. The van der Waals surface area contributed by atoms with E-state index in [1.165, 1.54) is 6.07 Å². The Morgan fingerprint density at radius 1 is 1.14 bits per heavy atom. The molecule has 0 unspecified atom stereocenters. The van der Waals surface area contributed by atoms with Crippen LogP contribution in [0.2, 0.25) is 0 Å². The number of pyridine rings is 1. The fraction of sp³-hybridized carbons (Fsp3) is 0.400. The first kappa shape index (κ1) is 24.3. The van der Waals surface area contributed by atoms with Gasteiger partial charge in [0.1, 0.15) is 6.61 Å². The molecule has 36 heavy (non-hydrogen) atoms. The minimum atomic E-state index is -4.18. The largest absolute Gasteiger partial charge is 0.476 e. The van der Waals surface area contributed by atoms with E-state index >= 15 is 0 Å². The third-order valence-electron chi connectivity index (χ3n) is 6.63. The van der Waals surface area contributed by atoms with Gasteiger partial charge in [-0.25, -0.2) is 14.5 Å². The van der Waals surface area contributed by atoms with Crippen molar-refractivity contribution < 1.29 is 17.9 Å². The fourth-order valence-corrected chi connectivity index (χ4v) is 5.76. The lowest BCUT2D eigenvalue weighted by atomic mass is 9.98. The van der Waals surface area contributed by atoms with Gasteiger partial charge >= 0.3 is 6.03 Å². The highest BCUT2D eigenvalue weighted by atomic mass is 32.2. The second-order valence-electron chi connectivity index (χ2n) is 9.92. The van der Waals surface area contributed by atoms with Crippen LogP contribution in [0, 0.1) is 0 Å². The summed E-state index contributed by atoms with van der Waals surface area (Å²) < 4.78 is 35.7. The second-order valence-corrected chi connectivity index (χ2v) is 11.5. The summed E-state index contributed by atoms with van der Waals surface area (Å²) in [7, 11) is -2.21. The lowest BCUT2D eigenvalue weighted by molar-refractivity contribution is 0.168. The number of aryl methyl sites for hydroxylation is 1. The Labute approximate surface area is 210 Å². The van der Waals surface area contributed by atoms with Crippen molar-refractivity contribution in [3.63, 3.8) is 0 Å². The van der Waals surface area contributed by atoms with Crippen LogP contribution in [0.15, 0.2) is 47.8 Å². The normalized spacial score (nSPS) is 19.6. The predicted molar refractivity (Wildman–Crippen MR) is 136 cm³/mol. The quantitative estimate of drug-likeness (QED) is 0.477. The van der Waals surface area contributed by atoms with Crippen molar-refractivity contribution in [1.29, 1.82) is 0 Å². The monoisotopic (exact) mass is 510 g/mol. The van der Waals surface area contributed by atoms with Crippen molar-refractivity contribution in [2.24, 2.45) is 0 Å². The minimum Gasteiger partial charge on any atom is -0.476 e. The molecule has 2 aliphatic rings. The van der Waals surface area contributed by atoms with Crippen LogP contribution in [-0.4, -0.2) is 60.9 Å². The Bertz CT molecular complexity index is 1420. The van der Waals surface area contributed by atoms with Crippen LogP contribution in [0.3, 0.4) is 0 Å². The first-order chi connectivity index (χ1) is 17.1. The zero-order valence-electron chi connectivity index (χ0n) is 20.6. The Morgan fingerprint density at radius 3 is 2.81 bits per heavy atom. The van der Waals surface area contributed by atoms with Crippen LogP contribution >= 0.6 is 0 Å². The van der Waals surface area contributed by atoms with E-state index in [1.54, 1.807) is 17.1 Å². The van der Waals surface area contributed by atoms with Crippen molar-refractivity contribution >= 4 is 21.7 Å². The van der Waals surface area contributed by atoms with E-state index < -0.39 is 21.6 Å². The topological polar surface area (TPSA) is 118 Å². The van der Waals surface area contributed by atoms with Gasteiger partial charge in [-0.05, 0) is 69.0 Å². The van der Waals surface area contributed by atoms with Crippen molar-refractivity contribution in [1.82, 2.24) is 24.4 Å². The molecule has 2 N–H and O–H groups in total. The molecule has 3 aromatic rings. The van der Waals surface area contributed by atoms with Gasteiger partial charge in [0.2, 0.25) is 5.88 Å². The summed E-state index contributed by atoms with van der Waals surface area (Å²) in [5, 5.41) is 6.89. The summed E-state index contributed by atoms with van der Waals surface area (Å²) in [4.78, 5) is 19.4. The average Bonchev–Trinajstić information content (AvgIpc) is 3.49. The molecule has 2 aromatic heterocycles. The highest BCUT2D eigenvalue weighted by Crippen LogP contribution is 2.38. The third kappa shape index (κ3) is 4.80. The number of carbonyl (C=O) groups excluding carboxylic acids is 1. The number of aromatic nitrogens is 3. The van der Waals surface area contributed by atoms with Crippen molar-refractivity contribution in [3.05, 3.63) is 53.9 Å². The van der Waals surface area contributed by atoms with Gasteiger partial charge in [0.25, 0.3) is 10.0 Å². The van der Waals surface area contributed by atoms with Crippen molar-refractivity contribution in [3.8, 4) is 17.0 Å². The number of benzene rings is 1. The molecule has 1 aliphatic carbocycles. The van der Waals surface area contributed by atoms with E-state index in [4.69, 9.17) is 4.74 Å². The molecule has 0 saturated carbocycles. The molecule has 0 radical (unpaired) electrons. The van der Waals surface area contributed by atoms with Crippen LogP contribution in [0.25, 0.3) is 11.1 Å². The highest BCUT2D eigenvalue weighted by molar-refractivity contribution is 7.90. The van der Waals surface area contributed by atoms with Gasteiger partial charge in [0.15, 0.2) is 5.03 Å². The number of amides is 2. The molecular weight excluding hydrogens is 480 g/mol. The molecule has 3 heterocycles. The molecule has 5 rings (SSSR count). The Kier molecular flexibility index (Phi) is 6.21. The van der Waals surface area contributed by atoms with Crippen molar-refractivity contribution in [2.45, 2.75) is 43.7 Å². The number of hydrogen-bond donors (Lipinski definition) is 2. The smallest absolute Gasteiger partial charge is 0.333 e. The van der Waals surface area contributed by atoms with E-state index in [0.717, 1.165) is 41.5 Å². The molecule has 0 atom stereocenters. The molecular formula is C25H30N6O4S. The summed E-state index contributed by atoms with van der Waals surface area (Å²) in [5.41, 5.74) is 3.85. The van der Waals surface area contributed by atoms with Crippen molar-refractivity contribution in [2.75, 3.05) is 32.1 Å². The molecule has 0 fully saturated rings. The summed E-state index contributed by atoms with van der Waals surface area (Å²) in [6, 6.07) is 8.27. The number of nitrogens with one attached hydrogen (secondary N) is 2. The van der Waals surface area contributed by atoms with Crippen LogP contribution in [-0.2, 0) is 28.4 Å². The second kappa shape index (κ2) is 9.21. The molecule has 0 saturated heterocycles. The summed E-state index contributed by atoms with van der Waals surface area (Å²) in [5.74, 6) is 0.483. The standard InChI is InChI=1S/C25H30N6O4S/c1-25(2)16-30(3)13-14-35-21-15-18(9-11-26-21)20-8-7-17-5-4-6-19(17)23(20)27-24(32)29-36(33,34)22-10-12-31(25)28-22/h7-12,15H,4-6,13-14,16H2,1-3H3,(H2,27,29,32). The lowest BCUT2D eigenvalue weighted by Crippen LogP contribution is -2.41. The molecule has 2 amide bonds. The number of nitrogens with zero attached hydrogens (tertiary/aromatic N) is 4. The molecule has 11 heteroatoms. The number of likely N-dealkylation sites (N-methyl/N-ethyl adjacent to an activating group) is 1. The number of ether oxygens (including phenoxy) is 1. The SMILES string of the molecule is CN1CCOc2cc(ccn2)-c2ccc3c(c2NC(=O)NS(=O)(=O)c2ccn(n2)C(C)(C)C1)CCC3. The van der Waals surface area contributed by atoms with Gasteiger partial charge in [-0.15, -0.1) is 0 Å². The number of carbonyl (C=O) groups is 1. The van der Waals surface area contributed by atoms with E-state index in [0.29, 0.717) is 31.3 Å². The van der Waals surface area contributed by atoms with E-state index in [1.807, 2.05) is 39.1 Å².